The number of nitrogens with one attached hydrogen (secondary N) is 1. The number of rotatable bonds is 4. The molecule has 1 atom stereocenters. The highest BCUT2D eigenvalue weighted by Gasteiger charge is 2.31. The van der Waals surface area contributed by atoms with Gasteiger partial charge in [0.05, 0.1) is 6.61 Å². The van der Waals surface area contributed by atoms with Gasteiger partial charge in [0.2, 0.25) is 0 Å². The van der Waals surface area contributed by atoms with Crippen molar-refractivity contribution in [3.05, 3.63) is 16.1 Å². The topological polar surface area (TPSA) is 54.4 Å². The minimum atomic E-state index is -0.674. The molecule has 0 saturated carbocycles. The van der Waals surface area contributed by atoms with Crippen LogP contribution < -0.4 is 5.32 Å². The van der Waals surface area contributed by atoms with E-state index in [1.165, 1.54) is 0 Å². The van der Waals surface area contributed by atoms with E-state index >= 15 is 0 Å². The Balaban J connectivity index is 1.75. The van der Waals surface area contributed by atoms with Gasteiger partial charge in [-0.3, -0.25) is 0 Å². The first-order chi connectivity index (χ1) is 7.18. The monoisotopic (exact) mass is 228 g/mol. The van der Waals surface area contributed by atoms with E-state index in [0.29, 0.717) is 19.8 Å². The molecule has 1 aromatic rings. The number of hydrogen-bond donors (Lipinski definition) is 2. The molecule has 0 bridgehead atoms. The fourth-order valence-electron chi connectivity index (χ4n) is 1.62. The Hall–Kier alpha value is -0.490. The summed E-state index contributed by atoms with van der Waals surface area (Å²) in [5.74, 6) is 0. The van der Waals surface area contributed by atoms with Gasteiger partial charge in [0, 0.05) is 37.2 Å². The first-order valence-corrected chi connectivity index (χ1v) is 5.98. The summed E-state index contributed by atoms with van der Waals surface area (Å²) < 4.78 is 5.16. The Labute approximate surface area is 93.3 Å². The van der Waals surface area contributed by atoms with E-state index in [0.717, 1.165) is 23.7 Å². The second-order valence-corrected chi connectivity index (χ2v) is 4.96. The molecular formula is C10H16N2O2S. The molecule has 1 aliphatic rings. The standard InChI is InChI=1S/C10H16N2O2S/c1-8-5-15-9(12-8)4-11-6-10(13)2-3-14-7-10/h5,11,13H,2-4,6-7H2,1H3. The van der Waals surface area contributed by atoms with E-state index in [-0.39, 0.29) is 0 Å². The minimum Gasteiger partial charge on any atom is -0.386 e. The Kier molecular flexibility index (Phi) is 3.35. The lowest BCUT2D eigenvalue weighted by atomic mass is 10.0. The zero-order valence-corrected chi connectivity index (χ0v) is 9.64. The molecule has 1 fully saturated rings. The van der Waals surface area contributed by atoms with Crippen LogP contribution in [0, 0.1) is 6.92 Å². The third kappa shape index (κ3) is 2.98. The molecule has 0 spiro atoms. The molecule has 0 radical (unpaired) electrons. The molecule has 15 heavy (non-hydrogen) atoms. The summed E-state index contributed by atoms with van der Waals surface area (Å²) in [6, 6.07) is 0. The van der Waals surface area contributed by atoms with Crippen LogP contribution in [-0.4, -0.2) is 35.5 Å². The van der Waals surface area contributed by atoms with Crippen LogP contribution >= 0.6 is 11.3 Å². The molecule has 2 heterocycles. The van der Waals surface area contributed by atoms with E-state index in [9.17, 15) is 5.11 Å². The van der Waals surface area contributed by atoms with E-state index in [1.54, 1.807) is 11.3 Å². The zero-order chi connectivity index (χ0) is 10.7. The molecule has 0 aromatic carbocycles. The van der Waals surface area contributed by atoms with Crippen molar-refractivity contribution in [1.82, 2.24) is 10.3 Å². The normalized spacial score (nSPS) is 26.0. The molecule has 2 rings (SSSR count). The van der Waals surface area contributed by atoms with Crippen molar-refractivity contribution in [3.63, 3.8) is 0 Å². The SMILES string of the molecule is Cc1csc(CNCC2(O)CCOC2)n1. The lowest BCUT2D eigenvalue weighted by Crippen LogP contribution is -2.40. The van der Waals surface area contributed by atoms with Crippen molar-refractivity contribution in [1.29, 1.82) is 0 Å². The third-order valence-corrected chi connectivity index (χ3v) is 3.45. The van der Waals surface area contributed by atoms with Crippen molar-refractivity contribution < 1.29 is 9.84 Å². The Bertz CT molecular complexity index is 321. The second-order valence-electron chi connectivity index (χ2n) is 4.01. The second kappa shape index (κ2) is 4.57. The van der Waals surface area contributed by atoms with Gasteiger partial charge >= 0.3 is 0 Å². The van der Waals surface area contributed by atoms with Gasteiger partial charge in [0.1, 0.15) is 10.6 Å². The van der Waals surface area contributed by atoms with E-state index in [2.05, 4.69) is 10.3 Å². The molecular weight excluding hydrogens is 212 g/mol. The number of ether oxygens (including phenoxy) is 1. The first kappa shape index (κ1) is 11.0. The molecule has 1 unspecified atom stereocenters. The quantitative estimate of drug-likeness (QED) is 0.796. The molecule has 84 valence electrons. The number of aliphatic hydroxyl groups is 1. The Morgan fingerprint density at radius 2 is 2.60 bits per heavy atom. The van der Waals surface area contributed by atoms with Crippen LogP contribution in [0.25, 0.3) is 0 Å². The average molecular weight is 228 g/mol. The van der Waals surface area contributed by atoms with Crippen LogP contribution in [0.5, 0.6) is 0 Å². The summed E-state index contributed by atoms with van der Waals surface area (Å²) in [5, 5.41) is 16.3. The lowest BCUT2D eigenvalue weighted by molar-refractivity contribution is 0.0268. The van der Waals surface area contributed by atoms with Gasteiger partial charge in [-0.2, -0.15) is 0 Å². The van der Waals surface area contributed by atoms with Crippen molar-refractivity contribution in [2.75, 3.05) is 19.8 Å². The van der Waals surface area contributed by atoms with Crippen molar-refractivity contribution >= 4 is 11.3 Å². The summed E-state index contributed by atoms with van der Waals surface area (Å²) in [6.07, 6.45) is 0.719. The molecule has 1 saturated heterocycles. The van der Waals surface area contributed by atoms with Crippen LogP contribution in [0.3, 0.4) is 0 Å². The largest absolute Gasteiger partial charge is 0.386 e. The van der Waals surface area contributed by atoms with Crippen molar-refractivity contribution in [2.45, 2.75) is 25.5 Å². The minimum absolute atomic E-state index is 0.441. The highest BCUT2D eigenvalue weighted by Crippen LogP contribution is 2.17. The smallest absolute Gasteiger partial charge is 0.107 e. The van der Waals surface area contributed by atoms with E-state index < -0.39 is 5.60 Å². The van der Waals surface area contributed by atoms with Crippen LogP contribution in [0.1, 0.15) is 17.1 Å². The van der Waals surface area contributed by atoms with Crippen LogP contribution in [0.2, 0.25) is 0 Å². The van der Waals surface area contributed by atoms with Crippen LogP contribution in [0.4, 0.5) is 0 Å². The predicted molar refractivity (Wildman–Crippen MR) is 58.9 cm³/mol. The summed E-state index contributed by atoms with van der Waals surface area (Å²) in [4.78, 5) is 4.34. The maximum absolute atomic E-state index is 9.97. The summed E-state index contributed by atoms with van der Waals surface area (Å²) in [5.41, 5.74) is 0.381. The number of aryl methyl sites for hydroxylation is 1. The average Bonchev–Trinajstić information content (AvgIpc) is 2.76. The lowest BCUT2D eigenvalue weighted by Gasteiger charge is -2.20. The molecule has 4 nitrogen and oxygen atoms in total. The fraction of sp³-hybridized carbons (Fsp3) is 0.700. The molecule has 1 aromatic heterocycles. The van der Waals surface area contributed by atoms with Gasteiger partial charge in [0.15, 0.2) is 0 Å². The molecule has 1 aliphatic heterocycles. The third-order valence-electron chi connectivity index (χ3n) is 2.48. The summed E-state index contributed by atoms with van der Waals surface area (Å²) >= 11 is 1.64. The fourth-order valence-corrected chi connectivity index (χ4v) is 2.36. The van der Waals surface area contributed by atoms with Crippen LogP contribution in [0.15, 0.2) is 5.38 Å². The number of thiazole rings is 1. The van der Waals surface area contributed by atoms with Gasteiger partial charge in [-0.15, -0.1) is 11.3 Å². The zero-order valence-electron chi connectivity index (χ0n) is 8.82. The highest BCUT2D eigenvalue weighted by atomic mass is 32.1. The highest BCUT2D eigenvalue weighted by molar-refractivity contribution is 7.09. The molecule has 2 N–H and O–H groups in total. The number of aromatic nitrogens is 1. The van der Waals surface area contributed by atoms with Crippen LogP contribution in [-0.2, 0) is 11.3 Å². The van der Waals surface area contributed by atoms with Gasteiger partial charge in [-0.25, -0.2) is 4.98 Å². The number of nitrogens with zero attached hydrogens (tertiary/aromatic N) is 1. The number of hydrogen-bond acceptors (Lipinski definition) is 5. The van der Waals surface area contributed by atoms with E-state index in [4.69, 9.17) is 4.74 Å². The Morgan fingerprint density at radius 1 is 1.73 bits per heavy atom. The molecule has 0 amide bonds. The van der Waals surface area contributed by atoms with Gasteiger partial charge in [-0.05, 0) is 6.92 Å². The Morgan fingerprint density at radius 3 is 3.20 bits per heavy atom. The van der Waals surface area contributed by atoms with Crippen molar-refractivity contribution in [3.8, 4) is 0 Å². The van der Waals surface area contributed by atoms with Gasteiger partial charge in [0.25, 0.3) is 0 Å². The maximum Gasteiger partial charge on any atom is 0.107 e. The summed E-state index contributed by atoms with van der Waals surface area (Å²) in [6.45, 7) is 4.39. The van der Waals surface area contributed by atoms with Crippen molar-refractivity contribution in [2.24, 2.45) is 0 Å². The van der Waals surface area contributed by atoms with Gasteiger partial charge < -0.3 is 15.2 Å². The predicted octanol–water partition coefficient (Wildman–Crippen LogP) is 0.693. The van der Waals surface area contributed by atoms with E-state index in [1.807, 2.05) is 12.3 Å². The summed E-state index contributed by atoms with van der Waals surface area (Å²) in [7, 11) is 0. The first-order valence-electron chi connectivity index (χ1n) is 5.10. The maximum atomic E-state index is 9.97. The molecule has 5 heteroatoms. The molecule has 0 aliphatic carbocycles. The van der Waals surface area contributed by atoms with Gasteiger partial charge in [-0.1, -0.05) is 0 Å².